The lowest BCUT2D eigenvalue weighted by atomic mass is 9.82. The van der Waals surface area contributed by atoms with Gasteiger partial charge in [-0.05, 0) is 17.4 Å². The fraction of sp³-hybridized carbons (Fsp3) is 0.385. The molecule has 3 rings (SSSR count). The van der Waals surface area contributed by atoms with Crippen LogP contribution in [-0.2, 0) is 6.42 Å². The van der Waals surface area contributed by atoms with Crippen molar-refractivity contribution < 1.29 is 14.3 Å². The minimum absolute atomic E-state index is 0.0744. The molecule has 1 aliphatic rings. The third-order valence-corrected chi connectivity index (χ3v) is 4.19. The highest BCUT2D eigenvalue weighted by Crippen LogP contribution is 2.33. The number of carbonyl (C=O) groups is 1. The van der Waals surface area contributed by atoms with Gasteiger partial charge in [0.1, 0.15) is 5.76 Å². The lowest BCUT2D eigenvalue weighted by molar-refractivity contribution is 0.0688. The number of oxazole rings is 1. The van der Waals surface area contributed by atoms with Gasteiger partial charge in [0.2, 0.25) is 5.89 Å². The summed E-state index contributed by atoms with van der Waals surface area (Å²) in [6, 6.07) is 3.78. The number of hydrogen-bond donors (Lipinski definition) is 1. The molecule has 4 nitrogen and oxygen atoms in total. The van der Waals surface area contributed by atoms with Crippen molar-refractivity contribution in [3.63, 3.8) is 0 Å². The third-order valence-electron chi connectivity index (χ3n) is 3.33. The highest BCUT2D eigenvalue weighted by atomic mass is 32.1. The van der Waals surface area contributed by atoms with Crippen LogP contribution >= 0.6 is 11.3 Å². The Balaban J connectivity index is 1.93. The first-order chi connectivity index (χ1) is 8.74. The summed E-state index contributed by atoms with van der Waals surface area (Å²) >= 11 is 1.50. The summed E-state index contributed by atoms with van der Waals surface area (Å²) in [6.45, 7) is 0. The summed E-state index contributed by atoms with van der Waals surface area (Å²) in [5, 5.41) is 11.1. The molecule has 0 saturated heterocycles. The van der Waals surface area contributed by atoms with Crippen LogP contribution in [0.3, 0.4) is 0 Å². The molecule has 0 spiro atoms. The van der Waals surface area contributed by atoms with E-state index in [0.717, 1.165) is 17.7 Å². The monoisotopic (exact) mass is 263 g/mol. The summed E-state index contributed by atoms with van der Waals surface area (Å²) < 4.78 is 5.65. The second kappa shape index (κ2) is 4.57. The van der Waals surface area contributed by atoms with Gasteiger partial charge in [-0.1, -0.05) is 25.3 Å². The summed E-state index contributed by atoms with van der Waals surface area (Å²) in [5.74, 6) is 0.510. The van der Waals surface area contributed by atoms with Crippen LogP contribution in [0.15, 0.2) is 21.9 Å². The maximum Gasteiger partial charge on any atom is 0.358 e. The van der Waals surface area contributed by atoms with Crippen LogP contribution in [0.25, 0.3) is 10.8 Å². The SMILES string of the molecule is O=C(O)c1nc(-c2cccs2)oc1CC1CCC1. The first-order valence-electron chi connectivity index (χ1n) is 6.01. The van der Waals surface area contributed by atoms with E-state index in [4.69, 9.17) is 9.52 Å². The van der Waals surface area contributed by atoms with Crippen molar-refractivity contribution in [1.82, 2.24) is 4.98 Å². The molecule has 0 unspecified atom stereocenters. The zero-order chi connectivity index (χ0) is 12.5. The van der Waals surface area contributed by atoms with Crippen LogP contribution < -0.4 is 0 Å². The summed E-state index contributed by atoms with van der Waals surface area (Å²) in [7, 11) is 0. The number of carboxylic acids is 1. The number of nitrogens with zero attached hydrogens (tertiary/aromatic N) is 1. The van der Waals surface area contributed by atoms with Gasteiger partial charge < -0.3 is 9.52 Å². The van der Waals surface area contributed by atoms with Crippen LogP contribution in [0, 0.1) is 5.92 Å². The van der Waals surface area contributed by atoms with E-state index in [1.54, 1.807) is 0 Å². The number of rotatable bonds is 4. The highest BCUT2D eigenvalue weighted by molar-refractivity contribution is 7.13. The average Bonchev–Trinajstić information content (AvgIpc) is 2.92. The summed E-state index contributed by atoms with van der Waals surface area (Å²) in [6.07, 6.45) is 4.25. The van der Waals surface area contributed by atoms with E-state index in [-0.39, 0.29) is 5.69 Å². The molecule has 94 valence electrons. The molecule has 0 aliphatic heterocycles. The van der Waals surface area contributed by atoms with Crippen LogP contribution in [-0.4, -0.2) is 16.1 Å². The van der Waals surface area contributed by atoms with Gasteiger partial charge in [-0.3, -0.25) is 0 Å². The van der Waals surface area contributed by atoms with Crippen molar-refractivity contribution in [2.24, 2.45) is 5.92 Å². The highest BCUT2D eigenvalue weighted by Gasteiger charge is 2.26. The van der Waals surface area contributed by atoms with Crippen molar-refractivity contribution in [3.8, 4) is 10.8 Å². The zero-order valence-electron chi connectivity index (χ0n) is 9.76. The number of hydrogen-bond acceptors (Lipinski definition) is 4. The van der Waals surface area contributed by atoms with E-state index in [1.165, 1.54) is 17.8 Å². The smallest absolute Gasteiger partial charge is 0.358 e. The van der Waals surface area contributed by atoms with Gasteiger partial charge >= 0.3 is 5.97 Å². The molecular weight excluding hydrogens is 250 g/mol. The Bertz CT molecular complexity index is 555. The van der Waals surface area contributed by atoms with Gasteiger partial charge in [0.05, 0.1) is 4.88 Å². The first kappa shape index (κ1) is 11.5. The lowest BCUT2D eigenvalue weighted by Crippen LogP contribution is -2.15. The Morgan fingerprint density at radius 3 is 2.94 bits per heavy atom. The molecule has 0 amide bonds. The van der Waals surface area contributed by atoms with Crippen molar-refractivity contribution >= 4 is 17.3 Å². The standard InChI is InChI=1S/C13H13NO3S/c15-13(16)11-9(7-8-3-1-4-8)17-12(14-11)10-5-2-6-18-10/h2,5-6,8H,1,3-4,7H2,(H,15,16). The van der Waals surface area contributed by atoms with E-state index in [1.807, 2.05) is 17.5 Å². The van der Waals surface area contributed by atoms with E-state index >= 15 is 0 Å². The number of thiophene rings is 1. The molecule has 2 aromatic heterocycles. The summed E-state index contributed by atoms with van der Waals surface area (Å²) in [4.78, 5) is 16.2. The molecular formula is C13H13NO3S. The van der Waals surface area contributed by atoms with Gasteiger partial charge in [0.25, 0.3) is 0 Å². The molecule has 0 atom stereocenters. The number of carboxylic acid groups (broad SMARTS) is 1. The van der Waals surface area contributed by atoms with E-state index in [9.17, 15) is 4.79 Å². The van der Waals surface area contributed by atoms with Gasteiger partial charge in [-0.25, -0.2) is 9.78 Å². The van der Waals surface area contributed by atoms with Crippen molar-refractivity contribution in [2.75, 3.05) is 0 Å². The molecule has 0 aromatic carbocycles. The third kappa shape index (κ3) is 2.06. The second-order valence-electron chi connectivity index (χ2n) is 4.57. The van der Waals surface area contributed by atoms with Crippen molar-refractivity contribution in [3.05, 3.63) is 29.0 Å². The Labute approximate surface area is 108 Å². The van der Waals surface area contributed by atoms with E-state index in [0.29, 0.717) is 24.0 Å². The fourth-order valence-corrected chi connectivity index (χ4v) is 2.77. The largest absolute Gasteiger partial charge is 0.476 e. The fourth-order valence-electron chi connectivity index (χ4n) is 2.12. The van der Waals surface area contributed by atoms with Crippen LogP contribution in [0.2, 0.25) is 0 Å². The van der Waals surface area contributed by atoms with E-state index < -0.39 is 5.97 Å². The van der Waals surface area contributed by atoms with Gasteiger partial charge in [-0.2, -0.15) is 0 Å². The van der Waals surface area contributed by atoms with Crippen LogP contribution in [0.4, 0.5) is 0 Å². The number of aromatic carboxylic acids is 1. The minimum Gasteiger partial charge on any atom is -0.476 e. The van der Waals surface area contributed by atoms with Crippen molar-refractivity contribution in [1.29, 1.82) is 0 Å². The topological polar surface area (TPSA) is 63.3 Å². The first-order valence-corrected chi connectivity index (χ1v) is 6.89. The van der Waals surface area contributed by atoms with Gasteiger partial charge in [0, 0.05) is 6.42 Å². The quantitative estimate of drug-likeness (QED) is 0.917. The molecule has 1 N–H and O–H groups in total. The van der Waals surface area contributed by atoms with Gasteiger partial charge in [0.15, 0.2) is 5.69 Å². The van der Waals surface area contributed by atoms with Crippen molar-refractivity contribution in [2.45, 2.75) is 25.7 Å². The molecule has 18 heavy (non-hydrogen) atoms. The molecule has 0 bridgehead atoms. The average molecular weight is 263 g/mol. The normalized spacial score (nSPS) is 15.6. The van der Waals surface area contributed by atoms with Crippen LogP contribution in [0.1, 0.15) is 35.5 Å². The lowest BCUT2D eigenvalue weighted by Gasteiger charge is -2.23. The second-order valence-corrected chi connectivity index (χ2v) is 5.52. The molecule has 2 aromatic rings. The van der Waals surface area contributed by atoms with E-state index in [2.05, 4.69) is 4.98 Å². The Morgan fingerprint density at radius 1 is 1.56 bits per heavy atom. The molecule has 5 heteroatoms. The minimum atomic E-state index is -1.00. The molecule has 0 radical (unpaired) electrons. The zero-order valence-corrected chi connectivity index (χ0v) is 10.6. The predicted molar refractivity (Wildman–Crippen MR) is 67.8 cm³/mol. The number of aromatic nitrogens is 1. The maximum atomic E-state index is 11.2. The molecule has 1 aliphatic carbocycles. The Kier molecular flexibility index (Phi) is 2.91. The predicted octanol–water partition coefficient (Wildman–Crippen LogP) is 3.44. The Hall–Kier alpha value is -1.62. The van der Waals surface area contributed by atoms with Gasteiger partial charge in [-0.15, -0.1) is 11.3 Å². The molecule has 1 saturated carbocycles. The Morgan fingerprint density at radius 2 is 2.39 bits per heavy atom. The summed E-state index contributed by atoms with van der Waals surface area (Å²) in [5.41, 5.74) is 0.0744. The molecule has 2 heterocycles. The van der Waals surface area contributed by atoms with Crippen LogP contribution in [0.5, 0.6) is 0 Å². The molecule has 1 fully saturated rings. The maximum absolute atomic E-state index is 11.2.